The van der Waals surface area contributed by atoms with Crippen molar-refractivity contribution in [3.05, 3.63) is 35.9 Å². The van der Waals surface area contributed by atoms with E-state index < -0.39 is 0 Å². The number of benzene rings is 1. The van der Waals surface area contributed by atoms with Crippen LogP contribution in [0.1, 0.15) is 39.2 Å². The van der Waals surface area contributed by atoms with Crippen LogP contribution in [0.25, 0.3) is 0 Å². The first-order valence-electron chi connectivity index (χ1n) is 9.22. The minimum absolute atomic E-state index is 0. The maximum absolute atomic E-state index is 5.62. The van der Waals surface area contributed by atoms with Crippen LogP contribution in [0.15, 0.2) is 35.3 Å². The van der Waals surface area contributed by atoms with Gasteiger partial charge >= 0.3 is 0 Å². The van der Waals surface area contributed by atoms with Gasteiger partial charge in [-0.1, -0.05) is 30.3 Å². The SMILES string of the molecule is CCNC(=NCC(C)(C)OC)NCC1(c2ccccc2)CCOCC1.I. The summed E-state index contributed by atoms with van der Waals surface area (Å²) in [6.07, 6.45) is 2.04. The maximum Gasteiger partial charge on any atom is 0.191 e. The van der Waals surface area contributed by atoms with E-state index in [0.29, 0.717) is 6.54 Å². The fraction of sp³-hybridized carbons (Fsp3) is 0.650. The zero-order valence-corrected chi connectivity index (χ0v) is 18.8. The van der Waals surface area contributed by atoms with Gasteiger partial charge in [-0.05, 0) is 39.2 Å². The zero-order chi connectivity index (χ0) is 18.2. The van der Waals surface area contributed by atoms with Gasteiger partial charge < -0.3 is 20.1 Å². The lowest BCUT2D eigenvalue weighted by molar-refractivity contribution is 0.0310. The first kappa shape index (κ1) is 23.2. The van der Waals surface area contributed by atoms with Crippen LogP contribution < -0.4 is 10.6 Å². The van der Waals surface area contributed by atoms with Crippen molar-refractivity contribution in [1.82, 2.24) is 10.6 Å². The second-order valence-corrected chi connectivity index (χ2v) is 7.27. The molecule has 0 aliphatic carbocycles. The van der Waals surface area contributed by atoms with Gasteiger partial charge in [0.15, 0.2) is 5.96 Å². The normalized spacial score (nSPS) is 17.3. The van der Waals surface area contributed by atoms with Crippen molar-refractivity contribution in [3.63, 3.8) is 0 Å². The van der Waals surface area contributed by atoms with Crippen molar-refractivity contribution in [2.24, 2.45) is 4.99 Å². The molecule has 1 aromatic carbocycles. The van der Waals surface area contributed by atoms with Gasteiger partial charge in [0.25, 0.3) is 0 Å². The van der Waals surface area contributed by atoms with Gasteiger partial charge in [0.05, 0.1) is 12.1 Å². The zero-order valence-electron chi connectivity index (χ0n) is 16.5. The number of hydrogen-bond acceptors (Lipinski definition) is 3. The number of nitrogens with one attached hydrogen (secondary N) is 2. The molecule has 1 fully saturated rings. The number of halogens is 1. The fourth-order valence-corrected chi connectivity index (χ4v) is 3.05. The van der Waals surface area contributed by atoms with Gasteiger partial charge in [-0.15, -0.1) is 24.0 Å². The highest BCUT2D eigenvalue weighted by molar-refractivity contribution is 14.0. The Bertz CT molecular complexity index is 543. The molecule has 0 spiro atoms. The molecule has 0 aromatic heterocycles. The highest BCUT2D eigenvalue weighted by Crippen LogP contribution is 2.34. The summed E-state index contributed by atoms with van der Waals surface area (Å²) in [7, 11) is 1.72. The number of aliphatic imine (C=N–C) groups is 1. The third kappa shape index (κ3) is 6.70. The first-order valence-corrected chi connectivity index (χ1v) is 9.22. The molecule has 1 aromatic rings. The van der Waals surface area contributed by atoms with Crippen LogP contribution >= 0.6 is 24.0 Å². The van der Waals surface area contributed by atoms with Gasteiger partial charge in [-0.25, -0.2) is 0 Å². The maximum atomic E-state index is 5.62. The van der Waals surface area contributed by atoms with E-state index in [-0.39, 0.29) is 35.0 Å². The number of ether oxygens (including phenoxy) is 2. The third-order valence-corrected chi connectivity index (χ3v) is 4.95. The topological polar surface area (TPSA) is 54.9 Å². The van der Waals surface area contributed by atoms with Crippen molar-refractivity contribution < 1.29 is 9.47 Å². The molecule has 0 bridgehead atoms. The van der Waals surface area contributed by atoms with Crippen LogP contribution in [0.3, 0.4) is 0 Å². The molecule has 2 N–H and O–H groups in total. The summed E-state index contributed by atoms with van der Waals surface area (Å²) < 4.78 is 11.1. The first-order chi connectivity index (χ1) is 12.0. The molecule has 0 amide bonds. The van der Waals surface area contributed by atoms with Crippen molar-refractivity contribution in [2.45, 2.75) is 44.6 Å². The lowest BCUT2D eigenvalue weighted by Crippen LogP contribution is -2.48. The van der Waals surface area contributed by atoms with Gasteiger partial charge in [-0.2, -0.15) is 0 Å². The van der Waals surface area contributed by atoms with Crippen LogP contribution in [-0.2, 0) is 14.9 Å². The molecule has 6 heteroatoms. The number of methoxy groups -OCH3 is 1. The summed E-state index contributed by atoms with van der Waals surface area (Å²) >= 11 is 0. The molecule has 0 radical (unpaired) electrons. The highest BCUT2D eigenvalue weighted by atomic mass is 127. The lowest BCUT2D eigenvalue weighted by atomic mass is 9.74. The second kappa shape index (κ2) is 11.1. The van der Waals surface area contributed by atoms with Crippen molar-refractivity contribution in [1.29, 1.82) is 0 Å². The third-order valence-electron chi connectivity index (χ3n) is 4.95. The second-order valence-electron chi connectivity index (χ2n) is 7.27. The Kier molecular flexibility index (Phi) is 9.89. The number of hydrogen-bond donors (Lipinski definition) is 2. The number of guanidine groups is 1. The molecule has 26 heavy (non-hydrogen) atoms. The van der Waals surface area contributed by atoms with Gasteiger partial charge in [0.2, 0.25) is 0 Å². The van der Waals surface area contributed by atoms with E-state index in [9.17, 15) is 0 Å². The van der Waals surface area contributed by atoms with Crippen LogP contribution in [0.2, 0.25) is 0 Å². The average Bonchev–Trinajstić information content (AvgIpc) is 2.65. The Labute approximate surface area is 175 Å². The molecule has 2 rings (SSSR count). The van der Waals surface area contributed by atoms with Gasteiger partial charge in [0, 0.05) is 38.8 Å². The Hall–Kier alpha value is -0.860. The molecule has 0 saturated carbocycles. The fourth-order valence-electron chi connectivity index (χ4n) is 3.05. The quantitative estimate of drug-likeness (QED) is 0.361. The van der Waals surface area contributed by atoms with Crippen molar-refractivity contribution in [2.75, 3.05) is 40.0 Å². The monoisotopic (exact) mass is 475 g/mol. The van der Waals surface area contributed by atoms with Gasteiger partial charge in [0.1, 0.15) is 0 Å². The summed E-state index contributed by atoms with van der Waals surface area (Å²) in [5.74, 6) is 0.842. The molecule has 0 atom stereocenters. The van der Waals surface area contributed by atoms with Gasteiger partial charge in [-0.3, -0.25) is 4.99 Å². The molecule has 1 aliphatic heterocycles. The van der Waals surface area contributed by atoms with Crippen LogP contribution in [0, 0.1) is 0 Å². The summed E-state index contributed by atoms with van der Waals surface area (Å²) in [4.78, 5) is 4.70. The summed E-state index contributed by atoms with van der Waals surface area (Å²) in [6.45, 7) is 10.1. The standard InChI is InChI=1S/C20H33N3O2.HI/c1-5-21-18(22-15-19(2,3)24-4)23-16-20(11-13-25-14-12-20)17-9-7-6-8-10-17;/h6-10H,5,11-16H2,1-4H3,(H2,21,22,23);1H. The van der Waals surface area contributed by atoms with E-state index in [1.165, 1.54) is 5.56 Å². The molecule has 1 saturated heterocycles. The van der Waals surface area contributed by atoms with E-state index in [0.717, 1.165) is 45.1 Å². The minimum Gasteiger partial charge on any atom is -0.381 e. The summed E-state index contributed by atoms with van der Waals surface area (Å²) in [5.41, 5.74) is 1.20. The molecular weight excluding hydrogens is 441 g/mol. The van der Waals surface area contributed by atoms with E-state index in [1.807, 2.05) is 13.8 Å². The van der Waals surface area contributed by atoms with Crippen molar-refractivity contribution in [3.8, 4) is 0 Å². The largest absolute Gasteiger partial charge is 0.381 e. The van der Waals surface area contributed by atoms with Crippen LogP contribution in [0.5, 0.6) is 0 Å². The molecular formula is C20H34IN3O2. The molecule has 1 heterocycles. The average molecular weight is 475 g/mol. The number of nitrogens with zero attached hydrogens (tertiary/aromatic N) is 1. The molecule has 0 unspecified atom stereocenters. The minimum atomic E-state index is -0.266. The van der Waals surface area contributed by atoms with E-state index in [1.54, 1.807) is 7.11 Å². The Morgan fingerprint density at radius 2 is 1.85 bits per heavy atom. The summed E-state index contributed by atoms with van der Waals surface area (Å²) in [5, 5.41) is 6.89. The Morgan fingerprint density at radius 1 is 1.19 bits per heavy atom. The molecule has 148 valence electrons. The number of rotatable bonds is 7. The van der Waals surface area contributed by atoms with Crippen LogP contribution in [0.4, 0.5) is 0 Å². The highest BCUT2D eigenvalue weighted by Gasteiger charge is 2.34. The van der Waals surface area contributed by atoms with E-state index in [2.05, 4.69) is 47.9 Å². The Morgan fingerprint density at radius 3 is 2.42 bits per heavy atom. The van der Waals surface area contributed by atoms with Crippen LogP contribution in [-0.4, -0.2) is 51.5 Å². The lowest BCUT2D eigenvalue weighted by Gasteiger charge is -2.38. The molecule has 5 nitrogen and oxygen atoms in total. The van der Waals surface area contributed by atoms with E-state index in [4.69, 9.17) is 14.5 Å². The smallest absolute Gasteiger partial charge is 0.191 e. The molecule has 1 aliphatic rings. The predicted molar refractivity (Wildman–Crippen MR) is 119 cm³/mol. The summed E-state index contributed by atoms with van der Waals surface area (Å²) in [6, 6.07) is 10.8. The van der Waals surface area contributed by atoms with E-state index >= 15 is 0 Å². The predicted octanol–water partition coefficient (Wildman–Crippen LogP) is 3.33. The Balaban J connectivity index is 0.00000338. The van der Waals surface area contributed by atoms with Crippen molar-refractivity contribution >= 4 is 29.9 Å².